The number of allylic oxidation sites excluding steroid dienone is 2. The molecule has 0 aliphatic rings. The topological polar surface area (TPSA) is 66.4 Å². The zero-order valence-electron chi connectivity index (χ0n) is 31.9. The molecule has 0 radical (unpaired) electrons. The summed E-state index contributed by atoms with van der Waals surface area (Å²) in [5.74, 6) is -0.0189. The zero-order valence-corrected chi connectivity index (χ0v) is 31.9. The Hall–Kier alpha value is -1.16. The first-order valence-corrected chi connectivity index (χ1v) is 21.2. The molecule has 0 spiro atoms. The predicted molar refractivity (Wildman–Crippen MR) is 206 cm³/mol. The molecule has 0 aromatic carbocycles. The predicted octanol–water partition coefficient (Wildman–Crippen LogP) is 13.3. The van der Waals surface area contributed by atoms with Gasteiger partial charge in [-0.05, 0) is 38.5 Å². The van der Waals surface area contributed by atoms with Gasteiger partial charge >= 0.3 is 0 Å². The highest BCUT2D eigenvalue weighted by molar-refractivity contribution is 5.76. The summed E-state index contributed by atoms with van der Waals surface area (Å²) in [6.45, 7) is 4.55. The number of unbranched alkanes of at least 4 members (excludes halogenated alkanes) is 29. The number of aldehydes is 1. The highest BCUT2D eigenvalue weighted by Gasteiger charge is 2.20. The molecule has 0 aliphatic heterocycles. The van der Waals surface area contributed by atoms with Crippen LogP contribution in [0.1, 0.15) is 239 Å². The average molecular weight is 662 g/mol. The van der Waals surface area contributed by atoms with Crippen LogP contribution in [0, 0.1) is 0 Å². The Labute approximate surface area is 294 Å². The second kappa shape index (κ2) is 39.3. The molecule has 47 heavy (non-hydrogen) atoms. The van der Waals surface area contributed by atoms with Gasteiger partial charge in [-0.15, -0.1) is 0 Å². The lowest BCUT2D eigenvalue weighted by Gasteiger charge is -2.22. The third kappa shape index (κ3) is 36.0. The van der Waals surface area contributed by atoms with Crippen molar-refractivity contribution in [1.82, 2.24) is 5.32 Å². The van der Waals surface area contributed by atoms with E-state index in [1.54, 1.807) is 0 Å². The fraction of sp³-hybridized carbons (Fsp3) is 0.907. The molecule has 278 valence electrons. The molecule has 4 nitrogen and oxygen atoms in total. The van der Waals surface area contributed by atoms with Crippen molar-refractivity contribution in [2.24, 2.45) is 0 Å². The minimum Gasteiger partial charge on any atom is -0.391 e. The van der Waals surface area contributed by atoms with Gasteiger partial charge in [0.05, 0.1) is 12.1 Å². The highest BCUT2D eigenvalue weighted by atomic mass is 16.3. The lowest BCUT2D eigenvalue weighted by atomic mass is 10.00. The van der Waals surface area contributed by atoms with Crippen LogP contribution in [0.5, 0.6) is 0 Å². The number of aliphatic hydroxyl groups is 1. The zero-order chi connectivity index (χ0) is 34.3. The summed E-state index contributed by atoms with van der Waals surface area (Å²) in [7, 11) is 0. The van der Waals surface area contributed by atoms with Crippen molar-refractivity contribution in [3.05, 3.63) is 12.2 Å². The first-order chi connectivity index (χ1) is 23.2. The van der Waals surface area contributed by atoms with Crippen molar-refractivity contribution in [3.63, 3.8) is 0 Å². The molecule has 2 N–H and O–H groups in total. The highest BCUT2D eigenvalue weighted by Crippen LogP contribution is 2.16. The van der Waals surface area contributed by atoms with Crippen LogP contribution >= 0.6 is 0 Å². The Bertz CT molecular complexity index is 663. The monoisotopic (exact) mass is 662 g/mol. The Morgan fingerprint density at radius 2 is 0.851 bits per heavy atom. The maximum atomic E-state index is 12.5. The van der Waals surface area contributed by atoms with Crippen LogP contribution in [-0.4, -0.2) is 29.4 Å². The van der Waals surface area contributed by atoms with E-state index in [0.717, 1.165) is 32.0 Å². The van der Waals surface area contributed by atoms with Crippen molar-refractivity contribution in [3.8, 4) is 0 Å². The van der Waals surface area contributed by atoms with Gasteiger partial charge in [-0.2, -0.15) is 0 Å². The van der Waals surface area contributed by atoms with E-state index >= 15 is 0 Å². The normalized spacial score (nSPS) is 12.9. The fourth-order valence-corrected chi connectivity index (χ4v) is 6.68. The Morgan fingerprint density at radius 3 is 1.23 bits per heavy atom. The summed E-state index contributed by atoms with van der Waals surface area (Å²) >= 11 is 0. The molecule has 0 heterocycles. The average Bonchev–Trinajstić information content (AvgIpc) is 3.07. The maximum absolute atomic E-state index is 12.5. The molecule has 4 heteroatoms. The van der Waals surface area contributed by atoms with Crippen LogP contribution in [0.2, 0.25) is 0 Å². The minimum atomic E-state index is -0.631. The molecule has 2 atom stereocenters. The summed E-state index contributed by atoms with van der Waals surface area (Å²) in [6, 6.07) is -0.441. The van der Waals surface area contributed by atoms with Gasteiger partial charge in [0.15, 0.2) is 0 Å². The molecule has 0 aliphatic carbocycles. The van der Waals surface area contributed by atoms with Crippen LogP contribution in [0.4, 0.5) is 0 Å². The Morgan fingerprint density at radius 1 is 0.511 bits per heavy atom. The van der Waals surface area contributed by atoms with Crippen LogP contribution < -0.4 is 5.32 Å². The van der Waals surface area contributed by atoms with E-state index in [4.69, 9.17) is 0 Å². The largest absolute Gasteiger partial charge is 0.391 e. The summed E-state index contributed by atoms with van der Waals surface area (Å²) in [4.78, 5) is 23.7. The summed E-state index contributed by atoms with van der Waals surface area (Å²) in [5, 5.41) is 13.6. The van der Waals surface area contributed by atoms with E-state index in [1.165, 1.54) is 180 Å². The van der Waals surface area contributed by atoms with E-state index in [9.17, 15) is 14.7 Å². The van der Waals surface area contributed by atoms with Crippen molar-refractivity contribution in [2.75, 3.05) is 0 Å². The molecule has 0 unspecified atom stereocenters. The first kappa shape index (κ1) is 45.8. The summed E-state index contributed by atoms with van der Waals surface area (Å²) in [6.07, 6.45) is 48.0. The number of amides is 1. The van der Waals surface area contributed by atoms with Crippen molar-refractivity contribution in [1.29, 1.82) is 0 Å². The number of carbonyl (C=O) groups excluding carboxylic acids is 2. The minimum absolute atomic E-state index is 0.0189. The molecule has 0 bridgehead atoms. The molecule has 0 rings (SSSR count). The quantitative estimate of drug-likeness (QED) is 0.0391. The van der Waals surface area contributed by atoms with Crippen molar-refractivity contribution < 1.29 is 14.7 Å². The fourth-order valence-electron chi connectivity index (χ4n) is 6.68. The van der Waals surface area contributed by atoms with Gasteiger partial charge in [0.25, 0.3) is 0 Å². The van der Waals surface area contributed by atoms with E-state index in [-0.39, 0.29) is 12.3 Å². The maximum Gasteiger partial charge on any atom is 0.220 e. The molecular formula is C43H83NO3. The summed E-state index contributed by atoms with van der Waals surface area (Å²) < 4.78 is 0. The second-order valence-electron chi connectivity index (χ2n) is 14.6. The first-order valence-electron chi connectivity index (χ1n) is 21.2. The van der Waals surface area contributed by atoms with Crippen LogP contribution in [0.15, 0.2) is 12.2 Å². The third-order valence-corrected chi connectivity index (χ3v) is 9.93. The molecule has 0 saturated heterocycles. The lowest BCUT2D eigenvalue weighted by molar-refractivity contribution is -0.123. The molecule has 1 amide bonds. The van der Waals surface area contributed by atoms with Gasteiger partial charge in [0, 0.05) is 12.8 Å². The van der Waals surface area contributed by atoms with Crippen LogP contribution in [0.3, 0.4) is 0 Å². The standard InChI is InChI=1S/C43H83NO3/c1-3-5-7-9-11-13-15-17-18-19-20-21-22-23-24-26-28-30-32-34-36-38-43(47)44-41(39-40-45)42(46)37-35-33-31-29-27-25-16-14-12-10-8-6-4-2/h17-18,40-42,46H,3-16,19-39H2,1-2H3,(H,44,47)/b18-17-/t41-,42+/m0/s1. The summed E-state index contributed by atoms with van der Waals surface area (Å²) in [5.41, 5.74) is 0. The third-order valence-electron chi connectivity index (χ3n) is 9.93. The van der Waals surface area contributed by atoms with Gasteiger partial charge in [-0.1, -0.05) is 199 Å². The van der Waals surface area contributed by atoms with Crippen molar-refractivity contribution >= 4 is 12.2 Å². The number of hydrogen-bond acceptors (Lipinski definition) is 3. The number of aliphatic hydroxyl groups excluding tert-OH is 1. The van der Waals surface area contributed by atoms with Gasteiger partial charge < -0.3 is 15.2 Å². The van der Waals surface area contributed by atoms with Gasteiger partial charge in [0.2, 0.25) is 5.91 Å². The molecule has 0 saturated carbocycles. The SMILES string of the molecule is CCCCCCCC/C=C\CCCCCCCCCCCCCC(=O)N[C@@H](CC=O)[C@H](O)CCCCCCCCCCCCCCC. The Kier molecular flexibility index (Phi) is 38.3. The van der Waals surface area contributed by atoms with Crippen LogP contribution in [0.25, 0.3) is 0 Å². The molecule has 0 fully saturated rings. The molecule has 0 aromatic heterocycles. The van der Waals surface area contributed by atoms with Gasteiger partial charge in [-0.25, -0.2) is 0 Å². The van der Waals surface area contributed by atoms with Crippen LogP contribution in [-0.2, 0) is 9.59 Å². The number of carbonyl (C=O) groups is 2. The van der Waals surface area contributed by atoms with Crippen molar-refractivity contribution in [2.45, 2.75) is 251 Å². The van der Waals surface area contributed by atoms with E-state index in [0.29, 0.717) is 12.8 Å². The smallest absolute Gasteiger partial charge is 0.220 e. The van der Waals surface area contributed by atoms with Gasteiger partial charge in [-0.3, -0.25) is 4.79 Å². The second-order valence-corrected chi connectivity index (χ2v) is 14.6. The van der Waals surface area contributed by atoms with E-state index in [1.807, 2.05) is 0 Å². The molecular weight excluding hydrogens is 578 g/mol. The lowest BCUT2D eigenvalue weighted by Crippen LogP contribution is -2.43. The van der Waals surface area contributed by atoms with E-state index < -0.39 is 12.1 Å². The van der Waals surface area contributed by atoms with E-state index in [2.05, 4.69) is 31.3 Å². The number of rotatable bonds is 39. The Balaban J connectivity index is 3.59. The number of hydrogen-bond donors (Lipinski definition) is 2. The molecule has 0 aromatic rings. The van der Waals surface area contributed by atoms with Gasteiger partial charge in [0.1, 0.15) is 6.29 Å². The number of nitrogens with one attached hydrogen (secondary N) is 1.